The number of phenolic OH excluding ortho intramolecular Hbond substituents is 1. The number of nitro groups is 1. The lowest BCUT2D eigenvalue weighted by Crippen LogP contribution is -2.31. The fraction of sp³-hybridized carbons (Fsp3) is 0.167. The number of hydrogen-bond acceptors (Lipinski definition) is 5. The quantitative estimate of drug-likeness (QED) is 0.164. The van der Waals surface area contributed by atoms with Gasteiger partial charge in [-0.2, -0.15) is 0 Å². The fourth-order valence-electron chi connectivity index (χ4n) is 6.63. The Kier molecular flexibility index (Phi) is 7.12. The van der Waals surface area contributed by atoms with Gasteiger partial charge in [-0.25, -0.2) is 4.39 Å². The average molecular weight is 604 g/mol. The molecule has 0 aliphatic carbocycles. The van der Waals surface area contributed by atoms with Crippen molar-refractivity contribution < 1.29 is 19.2 Å². The monoisotopic (exact) mass is 603 g/mol. The summed E-state index contributed by atoms with van der Waals surface area (Å²) in [5.41, 5.74) is 5.91. The molecule has 4 aromatic carbocycles. The first-order valence-electron chi connectivity index (χ1n) is 14.4. The predicted molar refractivity (Wildman–Crippen MR) is 172 cm³/mol. The molecule has 1 amide bonds. The van der Waals surface area contributed by atoms with E-state index in [0.717, 1.165) is 39.9 Å². The maximum absolute atomic E-state index is 14.9. The minimum absolute atomic E-state index is 0.0371. The van der Waals surface area contributed by atoms with Gasteiger partial charge in [0.1, 0.15) is 17.3 Å². The Morgan fingerprint density at radius 3 is 2.02 bits per heavy atom. The summed E-state index contributed by atoms with van der Waals surface area (Å²) < 4.78 is 16.2. The number of phenols is 1. The van der Waals surface area contributed by atoms with Gasteiger partial charge in [-0.15, -0.1) is 0 Å². The maximum atomic E-state index is 14.9. The minimum atomic E-state index is -0.642. The van der Waals surface area contributed by atoms with Gasteiger partial charge < -0.3 is 10.0 Å². The number of rotatable bonds is 5. The highest BCUT2D eigenvalue weighted by Gasteiger charge is 2.39. The molecule has 45 heavy (non-hydrogen) atoms. The van der Waals surface area contributed by atoms with Crippen LogP contribution in [0.2, 0.25) is 0 Å². The number of carbonyl (C=O) groups excluding carboxylic acids is 1. The van der Waals surface area contributed by atoms with Crippen molar-refractivity contribution in [3.05, 3.63) is 138 Å². The van der Waals surface area contributed by atoms with Gasteiger partial charge in [0.25, 0.3) is 17.2 Å². The van der Waals surface area contributed by atoms with E-state index in [0.29, 0.717) is 22.5 Å². The lowest BCUT2D eigenvalue weighted by Gasteiger charge is -2.22. The number of non-ortho nitro benzene ring substituents is 1. The van der Waals surface area contributed by atoms with Crippen molar-refractivity contribution >= 4 is 17.3 Å². The smallest absolute Gasteiger partial charge is 0.276 e. The Labute approximate surface area is 258 Å². The highest BCUT2D eigenvalue weighted by molar-refractivity contribution is 6.12. The molecule has 1 aromatic heterocycles. The van der Waals surface area contributed by atoms with Gasteiger partial charge in [-0.05, 0) is 92.8 Å². The van der Waals surface area contributed by atoms with E-state index < -0.39 is 22.2 Å². The van der Waals surface area contributed by atoms with Crippen molar-refractivity contribution in [1.29, 1.82) is 0 Å². The first-order valence-corrected chi connectivity index (χ1v) is 14.4. The van der Waals surface area contributed by atoms with Crippen LogP contribution in [0, 0.1) is 50.6 Å². The molecule has 0 bridgehead atoms. The first kappa shape index (κ1) is 29.5. The normalized spacial score (nSPS) is 12.5. The number of aryl methyl sites for hydroxylation is 5. The van der Waals surface area contributed by atoms with E-state index in [9.17, 15) is 29.2 Å². The lowest BCUT2D eigenvalue weighted by molar-refractivity contribution is -0.384. The number of aromatic hydroxyl groups is 1. The van der Waals surface area contributed by atoms with Gasteiger partial charge in [0.15, 0.2) is 0 Å². The van der Waals surface area contributed by atoms with Crippen molar-refractivity contribution in [1.82, 2.24) is 4.57 Å². The number of benzene rings is 4. The number of amides is 1. The summed E-state index contributed by atoms with van der Waals surface area (Å²) in [5.74, 6) is -1.33. The molecule has 1 N–H and O–H groups in total. The molecular formula is C36H30FN3O5. The summed E-state index contributed by atoms with van der Waals surface area (Å²) in [6.45, 7) is 9.53. The summed E-state index contributed by atoms with van der Waals surface area (Å²) in [5, 5.41) is 22.5. The van der Waals surface area contributed by atoms with E-state index in [-0.39, 0.29) is 40.4 Å². The van der Waals surface area contributed by atoms with Crippen molar-refractivity contribution in [3.63, 3.8) is 0 Å². The Bertz CT molecular complexity index is 2090. The molecule has 0 unspecified atom stereocenters. The van der Waals surface area contributed by atoms with Crippen molar-refractivity contribution in [2.45, 2.75) is 41.2 Å². The van der Waals surface area contributed by atoms with Crippen LogP contribution in [0.5, 0.6) is 5.75 Å². The molecule has 0 radical (unpaired) electrons. The number of aromatic nitrogens is 1. The molecule has 9 heteroatoms. The molecule has 1 aliphatic heterocycles. The Balaban J connectivity index is 1.81. The number of nitrogens with zero attached hydrogens (tertiary/aromatic N) is 3. The van der Waals surface area contributed by atoms with E-state index in [2.05, 4.69) is 0 Å². The molecule has 5 aromatic rings. The molecule has 2 heterocycles. The van der Waals surface area contributed by atoms with Crippen LogP contribution in [0.15, 0.2) is 77.6 Å². The van der Waals surface area contributed by atoms with Gasteiger partial charge >= 0.3 is 0 Å². The van der Waals surface area contributed by atoms with Crippen LogP contribution >= 0.6 is 0 Å². The zero-order valence-corrected chi connectivity index (χ0v) is 25.4. The maximum Gasteiger partial charge on any atom is 0.276 e. The van der Waals surface area contributed by atoms with Gasteiger partial charge in [-0.3, -0.25) is 24.3 Å². The molecule has 0 atom stereocenters. The number of fused-ring (bicyclic) bond motifs is 1. The molecular weight excluding hydrogens is 573 g/mol. The van der Waals surface area contributed by atoms with Crippen molar-refractivity contribution in [2.75, 3.05) is 4.90 Å². The van der Waals surface area contributed by atoms with Gasteiger partial charge in [-0.1, -0.05) is 35.9 Å². The van der Waals surface area contributed by atoms with Crippen LogP contribution in [0.1, 0.15) is 43.9 Å². The average Bonchev–Trinajstić information content (AvgIpc) is 3.30. The molecule has 6 rings (SSSR count). The molecule has 1 aliphatic rings. The summed E-state index contributed by atoms with van der Waals surface area (Å²) >= 11 is 0. The summed E-state index contributed by atoms with van der Waals surface area (Å²) in [4.78, 5) is 42.1. The second-order valence-electron chi connectivity index (χ2n) is 11.6. The number of para-hydroxylation sites is 1. The Hall–Kier alpha value is -5.57. The second-order valence-corrected chi connectivity index (χ2v) is 11.6. The van der Waals surface area contributed by atoms with E-state index >= 15 is 0 Å². The summed E-state index contributed by atoms with van der Waals surface area (Å²) in [6, 6.07) is 18.5. The summed E-state index contributed by atoms with van der Waals surface area (Å²) in [6.07, 6.45) is 0. The van der Waals surface area contributed by atoms with E-state index in [1.54, 1.807) is 4.90 Å². The van der Waals surface area contributed by atoms with Crippen LogP contribution in [0.3, 0.4) is 0 Å². The number of carbonyl (C=O) groups is 1. The molecule has 0 saturated heterocycles. The molecule has 0 saturated carbocycles. The van der Waals surface area contributed by atoms with E-state index in [1.165, 1.54) is 34.9 Å². The Morgan fingerprint density at radius 2 is 1.42 bits per heavy atom. The topological polar surface area (TPSA) is 106 Å². The van der Waals surface area contributed by atoms with Crippen LogP contribution < -0.4 is 10.5 Å². The SMILES string of the molecule is Cc1cc(C)c(-n2c3c(c(-c4cc(F)ccc4O)c(-c4ccc([N+](=O)[O-])cc4)c2=O)CN(c2c(C)cccc2C)C3=O)c(C)c1. The number of anilines is 1. The minimum Gasteiger partial charge on any atom is -0.507 e. The number of pyridine rings is 1. The first-order chi connectivity index (χ1) is 21.4. The molecule has 226 valence electrons. The lowest BCUT2D eigenvalue weighted by atomic mass is 9.89. The number of halogens is 1. The van der Waals surface area contributed by atoms with Crippen LogP contribution in [0.25, 0.3) is 27.9 Å². The predicted octanol–water partition coefficient (Wildman–Crippen LogP) is 7.63. The highest BCUT2D eigenvalue weighted by atomic mass is 19.1. The highest BCUT2D eigenvalue weighted by Crippen LogP contribution is 2.45. The van der Waals surface area contributed by atoms with Crippen LogP contribution in [0.4, 0.5) is 15.8 Å². The van der Waals surface area contributed by atoms with E-state index in [1.807, 2.05) is 65.0 Å². The second kappa shape index (κ2) is 10.9. The van der Waals surface area contributed by atoms with Gasteiger partial charge in [0, 0.05) is 28.8 Å². The van der Waals surface area contributed by atoms with Crippen LogP contribution in [-0.2, 0) is 6.54 Å². The van der Waals surface area contributed by atoms with Crippen molar-refractivity contribution in [3.8, 4) is 33.7 Å². The standard InChI is InChI=1S/C36H30FN3O5/c1-19-15-22(4)33(23(5)16-19)39-34-28(18-38(36(34)43)32-20(2)7-6-8-21(32)3)31(27-17-25(37)11-14-29(27)41)30(35(39)42)24-9-12-26(13-10-24)40(44)45/h6-17,41H,18H2,1-5H3. The van der Waals surface area contributed by atoms with E-state index in [4.69, 9.17) is 0 Å². The third-order valence-electron chi connectivity index (χ3n) is 8.41. The zero-order chi connectivity index (χ0) is 32.3. The van der Waals surface area contributed by atoms with Crippen molar-refractivity contribution in [2.24, 2.45) is 0 Å². The fourth-order valence-corrected chi connectivity index (χ4v) is 6.63. The molecule has 0 fully saturated rings. The van der Waals surface area contributed by atoms with Gasteiger partial charge in [0.05, 0.1) is 28.4 Å². The van der Waals surface area contributed by atoms with Crippen LogP contribution in [-0.4, -0.2) is 20.5 Å². The molecule has 0 spiro atoms. The largest absolute Gasteiger partial charge is 0.507 e. The third-order valence-corrected chi connectivity index (χ3v) is 8.41. The van der Waals surface area contributed by atoms with Gasteiger partial charge in [0.2, 0.25) is 0 Å². The number of hydrogen-bond donors (Lipinski definition) is 1. The molecule has 8 nitrogen and oxygen atoms in total. The third kappa shape index (κ3) is 4.77. The summed E-state index contributed by atoms with van der Waals surface area (Å²) in [7, 11) is 0. The number of nitro benzene ring substituents is 1. The zero-order valence-electron chi connectivity index (χ0n) is 25.4. The Morgan fingerprint density at radius 1 is 0.800 bits per heavy atom.